The number of carboxylic acids is 1. The molecule has 0 saturated carbocycles. The standard InChI is InChI=1S/C27H34N2O5/c1-3-19(26(31)32)16-29-25(30)13-12-18(2)14-15-28-27(33)34-17-24-22-10-6-4-8-20(22)21-9-5-7-11-23(21)24/h4-11,18-19,24H,3,12-17H2,1-2H3,(H,28,33)(H,29,30)(H,31,32). The third-order valence-corrected chi connectivity index (χ3v) is 6.50. The third-order valence-electron chi connectivity index (χ3n) is 6.50. The van der Waals surface area contributed by atoms with Crippen LogP contribution in [0.3, 0.4) is 0 Å². The molecule has 0 heterocycles. The largest absolute Gasteiger partial charge is 0.481 e. The van der Waals surface area contributed by atoms with Gasteiger partial charge < -0.3 is 20.5 Å². The number of carboxylic acid groups (broad SMARTS) is 1. The van der Waals surface area contributed by atoms with Crippen LogP contribution in [-0.4, -0.2) is 42.8 Å². The van der Waals surface area contributed by atoms with Gasteiger partial charge in [0.15, 0.2) is 0 Å². The van der Waals surface area contributed by atoms with Crippen molar-refractivity contribution in [1.82, 2.24) is 10.6 Å². The zero-order valence-corrected chi connectivity index (χ0v) is 19.9. The summed E-state index contributed by atoms with van der Waals surface area (Å²) in [6.45, 7) is 4.72. The average molecular weight is 467 g/mol. The number of aliphatic carboxylic acids is 1. The topological polar surface area (TPSA) is 105 Å². The van der Waals surface area contributed by atoms with E-state index < -0.39 is 18.0 Å². The van der Waals surface area contributed by atoms with E-state index in [1.54, 1.807) is 6.92 Å². The van der Waals surface area contributed by atoms with Crippen molar-refractivity contribution in [3.05, 3.63) is 59.7 Å². The smallest absolute Gasteiger partial charge is 0.407 e. The van der Waals surface area contributed by atoms with Gasteiger partial charge in [-0.2, -0.15) is 0 Å². The number of rotatable bonds is 12. The lowest BCUT2D eigenvalue weighted by Crippen LogP contribution is -2.32. The van der Waals surface area contributed by atoms with Gasteiger partial charge in [-0.05, 0) is 47.4 Å². The molecule has 1 aliphatic carbocycles. The molecule has 0 spiro atoms. The molecule has 0 saturated heterocycles. The normalized spacial score (nSPS) is 13.9. The highest BCUT2D eigenvalue weighted by atomic mass is 16.5. The first kappa shape index (κ1) is 25.3. The molecule has 34 heavy (non-hydrogen) atoms. The molecule has 0 aromatic heterocycles. The second-order valence-corrected chi connectivity index (χ2v) is 8.93. The Balaban J connectivity index is 1.35. The van der Waals surface area contributed by atoms with Gasteiger partial charge in [0.05, 0.1) is 5.92 Å². The van der Waals surface area contributed by atoms with Crippen molar-refractivity contribution in [2.45, 2.75) is 45.4 Å². The van der Waals surface area contributed by atoms with Gasteiger partial charge >= 0.3 is 12.1 Å². The second-order valence-electron chi connectivity index (χ2n) is 8.93. The monoisotopic (exact) mass is 466 g/mol. The van der Waals surface area contributed by atoms with Crippen molar-refractivity contribution >= 4 is 18.0 Å². The summed E-state index contributed by atoms with van der Waals surface area (Å²) in [4.78, 5) is 35.2. The van der Waals surface area contributed by atoms with Crippen molar-refractivity contribution in [2.75, 3.05) is 19.7 Å². The van der Waals surface area contributed by atoms with E-state index in [9.17, 15) is 14.4 Å². The summed E-state index contributed by atoms with van der Waals surface area (Å²) in [5, 5.41) is 14.5. The number of nitrogens with one attached hydrogen (secondary N) is 2. The van der Waals surface area contributed by atoms with E-state index in [-0.39, 0.29) is 30.9 Å². The summed E-state index contributed by atoms with van der Waals surface area (Å²) >= 11 is 0. The third kappa shape index (κ3) is 6.59. The van der Waals surface area contributed by atoms with Crippen LogP contribution >= 0.6 is 0 Å². The first-order chi connectivity index (χ1) is 16.4. The number of amides is 2. The molecule has 2 unspecified atom stereocenters. The fourth-order valence-corrected chi connectivity index (χ4v) is 4.32. The number of ether oxygens (including phenoxy) is 1. The van der Waals surface area contributed by atoms with Crippen LogP contribution < -0.4 is 10.6 Å². The number of carbonyl (C=O) groups excluding carboxylic acids is 2. The van der Waals surface area contributed by atoms with Crippen LogP contribution in [0.5, 0.6) is 0 Å². The summed E-state index contributed by atoms with van der Waals surface area (Å²) in [5.41, 5.74) is 4.74. The van der Waals surface area contributed by atoms with E-state index in [4.69, 9.17) is 9.84 Å². The maximum Gasteiger partial charge on any atom is 0.407 e. The Morgan fingerprint density at radius 3 is 2.18 bits per heavy atom. The molecule has 2 atom stereocenters. The Kier molecular flexibility index (Phi) is 9.08. The lowest BCUT2D eigenvalue weighted by molar-refractivity contribution is -0.141. The van der Waals surface area contributed by atoms with E-state index in [0.29, 0.717) is 25.8 Å². The Morgan fingerprint density at radius 1 is 0.971 bits per heavy atom. The SMILES string of the molecule is CCC(CNC(=O)CCC(C)CCNC(=O)OCC1c2ccccc2-c2ccccc21)C(=O)O. The summed E-state index contributed by atoms with van der Waals surface area (Å²) < 4.78 is 5.54. The lowest BCUT2D eigenvalue weighted by atomic mass is 9.98. The molecular weight excluding hydrogens is 432 g/mol. The quantitative estimate of drug-likeness (QED) is 0.425. The second kappa shape index (κ2) is 12.2. The molecule has 3 N–H and O–H groups in total. The molecule has 0 bridgehead atoms. The molecule has 182 valence electrons. The van der Waals surface area contributed by atoms with Crippen molar-refractivity contribution in [2.24, 2.45) is 11.8 Å². The molecule has 2 aromatic carbocycles. The number of hydrogen-bond acceptors (Lipinski definition) is 4. The zero-order chi connectivity index (χ0) is 24.5. The minimum atomic E-state index is -0.893. The van der Waals surface area contributed by atoms with Gasteiger partial charge in [-0.25, -0.2) is 4.79 Å². The summed E-state index contributed by atoms with van der Waals surface area (Å²) in [7, 11) is 0. The molecule has 0 aliphatic heterocycles. The molecule has 2 aromatic rings. The van der Waals surface area contributed by atoms with Gasteiger partial charge in [0.1, 0.15) is 6.61 Å². The van der Waals surface area contributed by atoms with Gasteiger partial charge in [0, 0.05) is 25.4 Å². The fourth-order valence-electron chi connectivity index (χ4n) is 4.32. The molecule has 3 rings (SSSR count). The van der Waals surface area contributed by atoms with Crippen LogP contribution in [0.25, 0.3) is 11.1 Å². The van der Waals surface area contributed by atoms with Crippen LogP contribution in [0, 0.1) is 11.8 Å². The van der Waals surface area contributed by atoms with Crippen molar-refractivity contribution < 1.29 is 24.2 Å². The van der Waals surface area contributed by atoms with Crippen molar-refractivity contribution in [3.63, 3.8) is 0 Å². The number of carbonyl (C=O) groups is 3. The molecule has 0 fully saturated rings. The van der Waals surface area contributed by atoms with Gasteiger partial charge in [0.2, 0.25) is 5.91 Å². The van der Waals surface area contributed by atoms with Crippen LogP contribution in [0.1, 0.15) is 56.6 Å². The van der Waals surface area contributed by atoms with Gasteiger partial charge in [0.25, 0.3) is 0 Å². The summed E-state index contributed by atoms with van der Waals surface area (Å²) in [5.74, 6) is -1.32. The van der Waals surface area contributed by atoms with Gasteiger partial charge in [-0.3, -0.25) is 9.59 Å². The average Bonchev–Trinajstić information content (AvgIpc) is 3.15. The van der Waals surface area contributed by atoms with E-state index in [1.165, 1.54) is 22.3 Å². The van der Waals surface area contributed by atoms with Crippen LogP contribution in [0.2, 0.25) is 0 Å². The molecule has 0 radical (unpaired) electrons. The van der Waals surface area contributed by atoms with Crippen molar-refractivity contribution in [3.8, 4) is 11.1 Å². The molecule has 1 aliphatic rings. The first-order valence-electron chi connectivity index (χ1n) is 12.0. The first-order valence-corrected chi connectivity index (χ1v) is 12.0. The Bertz CT molecular complexity index is 961. The van der Waals surface area contributed by atoms with Gasteiger partial charge in [-0.1, -0.05) is 62.4 Å². The number of benzene rings is 2. The number of alkyl carbamates (subject to hydrolysis) is 1. The fraction of sp³-hybridized carbons (Fsp3) is 0.444. The Hall–Kier alpha value is -3.35. The van der Waals surface area contributed by atoms with E-state index in [2.05, 4.69) is 34.9 Å². The minimum Gasteiger partial charge on any atom is -0.481 e. The maximum absolute atomic E-state index is 12.3. The highest BCUT2D eigenvalue weighted by molar-refractivity contribution is 5.79. The minimum absolute atomic E-state index is 0.0315. The molecule has 7 nitrogen and oxygen atoms in total. The highest BCUT2D eigenvalue weighted by Gasteiger charge is 2.29. The number of hydrogen-bond donors (Lipinski definition) is 3. The predicted octanol–water partition coefficient (Wildman–Crippen LogP) is 4.56. The highest BCUT2D eigenvalue weighted by Crippen LogP contribution is 2.44. The zero-order valence-electron chi connectivity index (χ0n) is 19.9. The predicted molar refractivity (Wildman–Crippen MR) is 131 cm³/mol. The lowest BCUT2D eigenvalue weighted by Gasteiger charge is -2.16. The van der Waals surface area contributed by atoms with Crippen LogP contribution in [0.15, 0.2) is 48.5 Å². The van der Waals surface area contributed by atoms with E-state index >= 15 is 0 Å². The molecule has 7 heteroatoms. The van der Waals surface area contributed by atoms with E-state index in [1.807, 2.05) is 31.2 Å². The molecule has 2 amide bonds. The maximum atomic E-state index is 12.3. The number of fused-ring (bicyclic) bond motifs is 3. The van der Waals surface area contributed by atoms with Gasteiger partial charge in [-0.15, -0.1) is 0 Å². The summed E-state index contributed by atoms with van der Waals surface area (Å²) in [6, 6.07) is 16.4. The Morgan fingerprint density at radius 2 is 1.59 bits per heavy atom. The molecular formula is C27H34N2O5. The summed E-state index contributed by atoms with van der Waals surface area (Å²) in [6.07, 6.45) is 1.77. The van der Waals surface area contributed by atoms with Crippen molar-refractivity contribution in [1.29, 1.82) is 0 Å². The Labute approximate surface area is 200 Å². The van der Waals surface area contributed by atoms with E-state index in [0.717, 1.165) is 6.42 Å². The van der Waals surface area contributed by atoms with Crippen LogP contribution in [-0.2, 0) is 14.3 Å². The van der Waals surface area contributed by atoms with Crippen LogP contribution in [0.4, 0.5) is 4.79 Å².